The SMILES string of the molecule is CNC(CCC(C)C)C1COC(C)C1. The van der Waals surface area contributed by atoms with E-state index >= 15 is 0 Å². The molecule has 84 valence electrons. The lowest BCUT2D eigenvalue weighted by atomic mass is 9.91. The van der Waals surface area contributed by atoms with Crippen molar-refractivity contribution in [2.45, 2.75) is 52.2 Å². The van der Waals surface area contributed by atoms with E-state index in [0.717, 1.165) is 18.4 Å². The third kappa shape index (κ3) is 3.58. The van der Waals surface area contributed by atoms with E-state index in [1.165, 1.54) is 19.3 Å². The molecule has 0 aromatic carbocycles. The average Bonchev–Trinajstić information content (AvgIpc) is 2.53. The number of nitrogens with one attached hydrogen (secondary N) is 1. The molecule has 1 N–H and O–H groups in total. The summed E-state index contributed by atoms with van der Waals surface area (Å²) in [7, 11) is 2.08. The summed E-state index contributed by atoms with van der Waals surface area (Å²) in [5.74, 6) is 1.54. The summed E-state index contributed by atoms with van der Waals surface area (Å²) < 4.78 is 5.62. The van der Waals surface area contributed by atoms with Gasteiger partial charge >= 0.3 is 0 Å². The van der Waals surface area contributed by atoms with Crippen LogP contribution in [0.4, 0.5) is 0 Å². The summed E-state index contributed by atoms with van der Waals surface area (Å²) in [4.78, 5) is 0. The quantitative estimate of drug-likeness (QED) is 0.734. The van der Waals surface area contributed by atoms with Crippen LogP contribution in [0.3, 0.4) is 0 Å². The molecule has 0 radical (unpaired) electrons. The van der Waals surface area contributed by atoms with Crippen molar-refractivity contribution in [1.82, 2.24) is 5.32 Å². The summed E-state index contributed by atoms with van der Waals surface area (Å²) in [5, 5.41) is 3.44. The van der Waals surface area contributed by atoms with Gasteiger partial charge in [0.15, 0.2) is 0 Å². The van der Waals surface area contributed by atoms with E-state index < -0.39 is 0 Å². The summed E-state index contributed by atoms with van der Waals surface area (Å²) in [6.07, 6.45) is 4.30. The van der Waals surface area contributed by atoms with Crippen molar-refractivity contribution in [3.8, 4) is 0 Å². The van der Waals surface area contributed by atoms with Crippen LogP contribution in [0.25, 0.3) is 0 Å². The average molecular weight is 199 g/mol. The molecule has 1 fully saturated rings. The van der Waals surface area contributed by atoms with Gasteiger partial charge in [0.1, 0.15) is 0 Å². The Morgan fingerprint density at radius 1 is 1.36 bits per heavy atom. The third-order valence-electron chi connectivity index (χ3n) is 3.22. The van der Waals surface area contributed by atoms with Gasteiger partial charge in [-0.05, 0) is 39.2 Å². The Kier molecular flexibility index (Phi) is 4.90. The Bertz CT molecular complexity index is 158. The van der Waals surface area contributed by atoms with E-state index in [-0.39, 0.29) is 0 Å². The fourth-order valence-corrected chi connectivity index (χ4v) is 2.26. The molecule has 14 heavy (non-hydrogen) atoms. The van der Waals surface area contributed by atoms with Crippen LogP contribution in [-0.2, 0) is 4.74 Å². The smallest absolute Gasteiger partial charge is 0.0551 e. The van der Waals surface area contributed by atoms with E-state index in [9.17, 15) is 0 Å². The second kappa shape index (κ2) is 5.72. The topological polar surface area (TPSA) is 21.3 Å². The Labute approximate surface area is 88.4 Å². The van der Waals surface area contributed by atoms with Gasteiger partial charge in [-0.3, -0.25) is 0 Å². The molecule has 3 unspecified atom stereocenters. The standard InChI is InChI=1S/C12H25NO/c1-9(2)5-6-12(13-4)11-7-10(3)14-8-11/h9-13H,5-8H2,1-4H3. The van der Waals surface area contributed by atoms with Crippen LogP contribution in [0.15, 0.2) is 0 Å². The maximum absolute atomic E-state index is 5.62. The fraction of sp³-hybridized carbons (Fsp3) is 1.00. The second-order valence-electron chi connectivity index (χ2n) is 5.01. The summed E-state index contributed by atoms with van der Waals surface area (Å²) in [6.45, 7) is 7.71. The van der Waals surface area contributed by atoms with Gasteiger partial charge in [0, 0.05) is 12.0 Å². The molecular weight excluding hydrogens is 174 g/mol. The highest BCUT2D eigenvalue weighted by atomic mass is 16.5. The van der Waals surface area contributed by atoms with Crippen LogP contribution in [-0.4, -0.2) is 25.8 Å². The third-order valence-corrected chi connectivity index (χ3v) is 3.22. The number of hydrogen-bond acceptors (Lipinski definition) is 2. The fourth-order valence-electron chi connectivity index (χ4n) is 2.26. The first kappa shape index (κ1) is 12.0. The minimum absolute atomic E-state index is 0.467. The molecule has 0 amide bonds. The van der Waals surface area contributed by atoms with Crippen LogP contribution >= 0.6 is 0 Å². The molecule has 1 rings (SSSR count). The van der Waals surface area contributed by atoms with Gasteiger partial charge in [-0.25, -0.2) is 0 Å². The predicted molar refractivity (Wildman–Crippen MR) is 60.4 cm³/mol. The lowest BCUT2D eigenvalue weighted by molar-refractivity contribution is 0.116. The lowest BCUT2D eigenvalue weighted by Crippen LogP contribution is -2.34. The molecule has 3 atom stereocenters. The summed E-state index contributed by atoms with van der Waals surface area (Å²) in [6, 6.07) is 0.655. The maximum Gasteiger partial charge on any atom is 0.0551 e. The van der Waals surface area contributed by atoms with Crippen molar-refractivity contribution in [1.29, 1.82) is 0 Å². The molecule has 1 aliphatic rings. The predicted octanol–water partition coefficient (Wildman–Crippen LogP) is 2.44. The molecule has 2 heteroatoms. The molecule has 1 saturated heterocycles. The summed E-state index contributed by atoms with van der Waals surface area (Å²) in [5.41, 5.74) is 0. The molecule has 1 heterocycles. The molecule has 0 bridgehead atoms. The Balaban J connectivity index is 2.30. The van der Waals surface area contributed by atoms with Crippen LogP contribution < -0.4 is 5.32 Å². The zero-order chi connectivity index (χ0) is 10.6. The van der Waals surface area contributed by atoms with E-state index in [4.69, 9.17) is 4.74 Å². The number of hydrogen-bond donors (Lipinski definition) is 1. The van der Waals surface area contributed by atoms with E-state index in [1.807, 2.05) is 0 Å². The normalized spacial score (nSPS) is 29.8. The van der Waals surface area contributed by atoms with Crippen molar-refractivity contribution in [3.63, 3.8) is 0 Å². The van der Waals surface area contributed by atoms with Gasteiger partial charge in [-0.1, -0.05) is 13.8 Å². The second-order valence-corrected chi connectivity index (χ2v) is 5.01. The van der Waals surface area contributed by atoms with Gasteiger partial charge in [0.2, 0.25) is 0 Å². The zero-order valence-electron chi connectivity index (χ0n) is 10.0. The van der Waals surface area contributed by atoms with Gasteiger partial charge in [0.05, 0.1) is 12.7 Å². The molecule has 0 aliphatic carbocycles. The van der Waals surface area contributed by atoms with Gasteiger partial charge in [-0.2, -0.15) is 0 Å². The zero-order valence-corrected chi connectivity index (χ0v) is 10.0. The van der Waals surface area contributed by atoms with Crippen molar-refractivity contribution >= 4 is 0 Å². The minimum Gasteiger partial charge on any atom is -0.378 e. The minimum atomic E-state index is 0.467. The van der Waals surface area contributed by atoms with Crippen molar-refractivity contribution in [2.75, 3.05) is 13.7 Å². The molecule has 0 aromatic heterocycles. The van der Waals surface area contributed by atoms with E-state index in [1.54, 1.807) is 0 Å². The molecule has 2 nitrogen and oxygen atoms in total. The monoisotopic (exact) mass is 199 g/mol. The maximum atomic E-state index is 5.62. The van der Waals surface area contributed by atoms with Crippen LogP contribution in [0.1, 0.15) is 40.0 Å². The van der Waals surface area contributed by atoms with E-state index in [2.05, 4.69) is 33.1 Å². The lowest BCUT2D eigenvalue weighted by Gasteiger charge is -2.22. The number of rotatable bonds is 5. The first-order valence-electron chi connectivity index (χ1n) is 5.92. The number of ether oxygens (including phenoxy) is 1. The van der Waals surface area contributed by atoms with Gasteiger partial charge < -0.3 is 10.1 Å². The summed E-state index contributed by atoms with van der Waals surface area (Å²) >= 11 is 0. The van der Waals surface area contributed by atoms with Crippen LogP contribution in [0.5, 0.6) is 0 Å². The van der Waals surface area contributed by atoms with Crippen LogP contribution in [0.2, 0.25) is 0 Å². The van der Waals surface area contributed by atoms with Crippen LogP contribution in [0, 0.1) is 11.8 Å². The first-order valence-corrected chi connectivity index (χ1v) is 5.92. The van der Waals surface area contributed by atoms with Crippen molar-refractivity contribution < 1.29 is 4.74 Å². The van der Waals surface area contributed by atoms with E-state index in [0.29, 0.717) is 12.1 Å². The molecule has 0 aromatic rings. The first-order chi connectivity index (χ1) is 6.63. The largest absolute Gasteiger partial charge is 0.378 e. The Morgan fingerprint density at radius 2 is 2.07 bits per heavy atom. The molecule has 0 spiro atoms. The molecule has 1 aliphatic heterocycles. The Hall–Kier alpha value is -0.0800. The molecular formula is C12H25NO. The van der Waals surface area contributed by atoms with Crippen molar-refractivity contribution in [2.24, 2.45) is 11.8 Å². The molecule has 0 saturated carbocycles. The highest BCUT2D eigenvalue weighted by Gasteiger charge is 2.28. The highest BCUT2D eigenvalue weighted by molar-refractivity contribution is 4.81. The van der Waals surface area contributed by atoms with Gasteiger partial charge in [-0.15, -0.1) is 0 Å². The van der Waals surface area contributed by atoms with Gasteiger partial charge in [0.25, 0.3) is 0 Å². The van der Waals surface area contributed by atoms with Crippen molar-refractivity contribution in [3.05, 3.63) is 0 Å². The Morgan fingerprint density at radius 3 is 2.50 bits per heavy atom. The highest BCUT2D eigenvalue weighted by Crippen LogP contribution is 2.25.